The summed E-state index contributed by atoms with van der Waals surface area (Å²) in [5.74, 6) is -0.292. The maximum absolute atomic E-state index is 12.6. The number of anilines is 2. The molecule has 140 valence electrons. The summed E-state index contributed by atoms with van der Waals surface area (Å²) in [6, 6.07) is 17.0. The second-order valence-electron chi connectivity index (χ2n) is 5.97. The van der Waals surface area contributed by atoms with Gasteiger partial charge in [-0.25, -0.2) is 0 Å². The number of carbonyl (C=O) groups is 2. The van der Waals surface area contributed by atoms with E-state index in [9.17, 15) is 9.59 Å². The van der Waals surface area contributed by atoms with Crippen molar-refractivity contribution in [2.75, 3.05) is 23.3 Å². The molecule has 0 saturated heterocycles. The van der Waals surface area contributed by atoms with Crippen LogP contribution in [-0.4, -0.2) is 24.9 Å². The Balaban J connectivity index is 0.00000338. The van der Waals surface area contributed by atoms with Gasteiger partial charge in [0.05, 0.1) is 6.42 Å². The monoisotopic (exact) mass is 375 g/mol. The minimum atomic E-state index is -0.231. The number of halogens is 1. The van der Waals surface area contributed by atoms with Crippen molar-refractivity contribution in [3.63, 3.8) is 0 Å². The van der Waals surface area contributed by atoms with Crippen molar-refractivity contribution in [2.24, 2.45) is 11.7 Å². The van der Waals surface area contributed by atoms with Crippen LogP contribution in [-0.2, 0) is 16.0 Å². The van der Waals surface area contributed by atoms with E-state index in [4.69, 9.17) is 5.73 Å². The molecule has 3 N–H and O–H groups in total. The first-order valence-electron chi connectivity index (χ1n) is 8.50. The molecule has 0 aromatic heterocycles. The molecule has 0 fully saturated rings. The highest BCUT2D eigenvalue weighted by Crippen LogP contribution is 2.16. The molecule has 0 aliphatic carbocycles. The number of amides is 2. The zero-order chi connectivity index (χ0) is 18.2. The van der Waals surface area contributed by atoms with Gasteiger partial charge >= 0.3 is 0 Å². The Morgan fingerprint density at radius 3 is 2.23 bits per heavy atom. The molecule has 0 saturated carbocycles. The quantitative estimate of drug-likeness (QED) is 0.780. The van der Waals surface area contributed by atoms with Crippen LogP contribution in [0, 0.1) is 5.92 Å². The largest absolute Gasteiger partial charge is 0.330 e. The molecule has 0 radical (unpaired) electrons. The maximum atomic E-state index is 12.6. The van der Waals surface area contributed by atoms with Crippen molar-refractivity contribution >= 4 is 35.6 Å². The van der Waals surface area contributed by atoms with Gasteiger partial charge in [-0.2, -0.15) is 0 Å². The molecule has 0 heterocycles. The van der Waals surface area contributed by atoms with E-state index in [0.29, 0.717) is 25.2 Å². The van der Waals surface area contributed by atoms with E-state index in [1.54, 1.807) is 11.8 Å². The molecule has 2 amide bonds. The van der Waals surface area contributed by atoms with Crippen molar-refractivity contribution in [1.82, 2.24) is 0 Å². The molecule has 2 aromatic carbocycles. The van der Waals surface area contributed by atoms with Crippen molar-refractivity contribution in [3.05, 3.63) is 60.2 Å². The van der Waals surface area contributed by atoms with E-state index >= 15 is 0 Å². The van der Waals surface area contributed by atoms with Crippen molar-refractivity contribution in [1.29, 1.82) is 0 Å². The lowest BCUT2D eigenvalue weighted by molar-refractivity contribution is -0.119. The van der Waals surface area contributed by atoms with Gasteiger partial charge in [-0.3, -0.25) is 9.59 Å². The smallest absolute Gasteiger partial charge is 0.231 e. The van der Waals surface area contributed by atoms with E-state index < -0.39 is 0 Å². The standard InChI is InChI=1S/C20H25N3O2.ClH/c1-3-23(18-7-5-4-6-8-18)19(24)13-16-9-11-17(12-10-16)22-20(25)15(2)14-21;/h4-12,15H,3,13-14,21H2,1-2H3,(H,22,25);1H. The lowest BCUT2D eigenvalue weighted by Gasteiger charge is -2.21. The van der Waals surface area contributed by atoms with Gasteiger partial charge in [-0.05, 0) is 36.8 Å². The van der Waals surface area contributed by atoms with Gasteiger partial charge in [0.15, 0.2) is 0 Å². The van der Waals surface area contributed by atoms with Crippen molar-refractivity contribution in [3.8, 4) is 0 Å². The number of para-hydroxylation sites is 1. The highest BCUT2D eigenvalue weighted by molar-refractivity contribution is 5.95. The second kappa shape index (κ2) is 10.6. The molecular weight excluding hydrogens is 350 g/mol. The SMILES string of the molecule is CCN(C(=O)Cc1ccc(NC(=O)C(C)CN)cc1)c1ccccc1.Cl. The third kappa shape index (κ3) is 5.86. The highest BCUT2D eigenvalue weighted by Gasteiger charge is 2.14. The topological polar surface area (TPSA) is 75.4 Å². The van der Waals surface area contributed by atoms with E-state index in [-0.39, 0.29) is 30.1 Å². The Morgan fingerprint density at radius 2 is 1.69 bits per heavy atom. The van der Waals surface area contributed by atoms with Crippen LogP contribution in [0.5, 0.6) is 0 Å². The van der Waals surface area contributed by atoms with Crippen LogP contribution in [0.3, 0.4) is 0 Å². The number of hydrogen-bond donors (Lipinski definition) is 2. The fraction of sp³-hybridized carbons (Fsp3) is 0.300. The van der Waals surface area contributed by atoms with Gasteiger partial charge in [0.1, 0.15) is 0 Å². The molecule has 2 rings (SSSR count). The summed E-state index contributed by atoms with van der Waals surface area (Å²) in [5.41, 5.74) is 8.00. The molecule has 5 nitrogen and oxygen atoms in total. The Bertz CT molecular complexity index is 705. The Kier molecular flexibility index (Phi) is 8.82. The summed E-state index contributed by atoms with van der Waals surface area (Å²) in [4.78, 5) is 26.2. The summed E-state index contributed by atoms with van der Waals surface area (Å²) < 4.78 is 0. The minimum Gasteiger partial charge on any atom is -0.330 e. The number of rotatable bonds is 7. The van der Waals surface area contributed by atoms with Crippen LogP contribution in [0.25, 0.3) is 0 Å². The number of benzene rings is 2. The van der Waals surface area contributed by atoms with Crippen LogP contribution < -0.4 is 16.0 Å². The summed E-state index contributed by atoms with van der Waals surface area (Å²) in [6.07, 6.45) is 0.316. The van der Waals surface area contributed by atoms with Gasteiger partial charge < -0.3 is 16.0 Å². The predicted octanol–water partition coefficient (Wildman–Crippen LogP) is 3.24. The number of nitrogens with zero attached hydrogens (tertiary/aromatic N) is 1. The van der Waals surface area contributed by atoms with Gasteiger partial charge in [0.2, 0.25) is 11.8 Å². The molecule has 6 heteroatoms. The first-order chi connectivity index (χ1) is 12.0. The number of carbonyl (C=O) groups excluding carboxylic acids is 2. The lowest BCUT2D eigenvalue weighted by atomic mass is 10.1. The molecule has 0 aliphatic rings. The number of nitrogens with one attached hydrogen (secondary N) is 1. The van der Waals surface area contributed by atoms with Crippen LogP contribution in [0.2, 0.25) is 0 Å². The molecule has 0 bridgehead atoms. The van der Waals surface area contributed by atoms with Crippen LogP contribution >= 0.6 is 12.4 Å². The summed E-state index contributed by atoms with van der Waals surface area (Å²) in [5, 5.41) is 2.82. The molecule has 0 aliphatic heterocycles. The molecule has 26 heavy (non-hydrogen) atoms. The first kappa shape index (κ1) is 21.7. The third-order valence-corrected chi connectivity index (χ3v) is 4.06. The third-order valence-electron chi connectivity index (χ3n) is 4.06. The van der Waals surface area contributed by atoms with Gasteiger partial charge in [-0.1, -0.05) is 37.3 Å². The lowest BCUT2D eigenvalue weighted by Crippen LogP contribution is -2.31. The highest BCUT2D eigenvalue weighted by atomic mass is 35.5. The van der Waals surface area contributed by atoms with Gasteiger partial charge in [0, 0.05) is 30.4 Å². The zero-order valence-electron chi connectivity index (χ0n) is 15.1. The summed E-state index contributed by atoms with van der Waals surface area (Å²) >= 11 is 0. The number of hydrogen-bond acceptors (Lipinski definition) is 3. The van der Waals surface area contributed by atoms with Crippen LogP contribution in [0.1, 0.15) is 19.4 Å². The average Bonchev–Trinajstić information content (AvgIpc) is 2.64. The Morgan fingerprint density at radius 1 is 1.08 bits per heavy atom. The van der Waals surface area contributed by atoms with Crippen LogP contribution in [0.4, 0.5) is 11.4 Å². The molecule has 1 unspecified atom stereocenters. The van der Waals surface area contributed by atoms with E-state index in [1.807, 2.05) is 61.5 Å². The van der Waals surface area contributed by atoms with E-state index in [0.717, 1.165) is 11.3 Å². The van der Waals surface area contributed by atoms with Crippen molar-refractivity contribution < 1.29 is 9.59 Å². The normalized spacial score (nSPS) is 11.2. The van der Waals surface area contributed by atoms with Gasteiger partial charge in [-0.15, -0.1) is 12.4 Å². The fourth-order valence-corrected chi connectivity index (χ4v) is 2.46. The first-order valence-corrected chi connectivity index (χ1v) is 8.50. The minimum absolute atomic E-state index is 0. The van der Waals surface area contributed by atoms with Crippen molar-refractivity contribution in [2.45, 2.75) is 20.3 Å². The zero-order valence-corrected chi connectivity index (χ0v) is 16.0. The van der Waals surface area contributed by atoms with E-state index in [1.165, 1.54) is 0 Å². The van der Waals surface area contributed by atoms with Crippen LogP contribution in [0.15, 0.2) is 54.6 Å². The molecule has 2 aromatic rings. The van der Waals surface area contributed by atoms with E-state index in [2.05, 4.69) is 5.32 Å². The summed E-state index contributed by atoms with van der Waals surface area (Å²) in [7, 11) is 0. The maximum Gasteiger partial charge on any atom is 0.231 e. The Hall–Kier alpha value is -2.37. The number of likely N-dealkylation sites (N-methyl/N-ethyl adjacent to an activating group) is 1. The van der Waals surface area contributed by atoms with Gasteiger partial charge in [0.25, 0.3) is 0 Å². The fourth-order valence-electron chi connectivity index (χ4n) is 2.46. The second-order valence-corrected chi connectivity index (χ2v) is 5.97. The number of nitrogens with two attached hydrogens (primary N) is 1. The Labute approximate surface area is 161 Å². The average molecular weight is 376 g/mol. The predicted molar refractivity (Wildman–Crippen MR) is 109 cm³/mol. The molecule has 1 atom stereocenters. The molecular formula is C20H26ClN3O2. The summed E-state index contributed by atoms with van der Waals surface area (Å²) in [6.45, 7) is 4.67. The molecule has 0 spiro atoms.